The number of carboxylic acid groups (broad SMARTS) is 1. The quantitative estimate of drug-likeness (QED) is 0.397. The molecule has 0 saturated heterocycles. The van der Waals surface area contributed by atoms with E-state index in [2.05, 4.69) is 45.0 Å². The van der Waals surface area contributed by atoms with Crippen molar-refractivity contribution < 1.29 is 75.2 Å². The number of aromatic carboxylic acids is 1. The Balaban J connectivity index is 0.00000408. The summed E-state index contributed by atoms with van der Waals surface area (Å²) in [4.78, 5) is 11.3. The van der Waals surface area contributed by atoms with Crippen LogP contribution in [-0.2, 0) is 4.43 Å². The van der Waals surface area contributed by atoms with Gasteiger partial charge >= 0.3 is 51.4 Å². The third kappa shape index (κ3) is 6.40. The van der Waals surface area contributed by atoms with Crippen LogP contribution >= 0.6 is 0 Å². The van der Waals surface area contributed by atoms with Crippen molar-refractivity contribution in [2.45, 2.75) is 38.8 Å². The van der Waals surface area contributed by atoms with E-state index in [0.717, 1.165) is 0 Å². The zero-order valence-corrected chi connectivity index (χ0v) is 25.0. The Morgan fingerprint density at radius 1 is 0.912 bits per heavy atom. The molecule has 0 heterocycles. The summed E-state index contributed by atoms with van der Waals surface area (Å²) in [6, 6.07) is 25.2. The number of carboxylic acids is 1. The third-order valence-corrected chi connectivity index (χ3v) is 10.7. The zero-order valence-electron chi connectivity index (χ0n) is 20.8. The van der Waals surface area contributed by atoms with Gasteiger partial charge in [-0.2, -0.15) is 0 Å². The van der Waals surface area contributed by atoms with E-state index < -0.39 is 14.3 Å². The van der Waals surface area contributed by atoms with Crippen molar-refractivity contribution in [3.8, 4) is 11.5 Å². The molecule has 0 bridgehead atoms. The number of rotatable bonds is 9. The predicted molar refractivity (Wildman–Crippen MR) is 131 cm³/mol. The van der Waals surface area contributed by atoms with Crippen LogP contribution in [0.25, 0.3) is 0 Å². The fraction of sp³-hybridized carbons (Fsp3) is 0.296. The Bertz CT molecular complexity index is 1030. The van der Waals surface area contributed by atoms with E-state index in [-0.39, 0.29) is 68.1 Å². The molecule has 3 rings (SSSR count). The molecule has 0 amide bonds. The van der Waals surface area contributed by atoms with E-state index in [9.17, 15) is 9.90 Å². The summed E-state index contributed by atoms with van der Waals surface area (Å²) >= 11 is 0. The fourth-order valence-corrected chi connectivity index (χ4v) is 8.79. The molecule has 7 heteroatoms. The van der Waals surface area contributed by atoms with Crippen molar-refractivity contribution in [2.75, 3.05) is 13.7 Å². The fourth-order valence-electron chi connectivity index (χ4n) is 4.15. The molecular weight excluding hydrogens is 471 g/mol. The second kappa shape index (κ2) is 12.5. The molecule has 0 saturated carbocycles. The SMILES string of the molecule is COc1ccc(C(=O)[O-])cc1OC(C)CO[Si](c1ccccc1)(c1ccccc1)C(C)(C)C.[K+]. The molecule has 5 nitrogen and oxygen atoms in total. The Labute approximate surface area is 246 Å². The number of carbonyl (C=O) groups is 1. The maximum absolute atomic E-state index is 11.3. The average Bonchev–Trinajstić information content (AvgIpc) is 2.80. The van der Waals surface area contributed by atoms with Crippen LogP contribution in [-0.4, -0.2) is 34.1 Å². The van der Waals surface area contributed by atoms with Crippen LogP contribution in [0.15, 0.2) is 78.9 Å². The van der Waals surface area contributed by atoms with E-state index in [4.69, 9.17) is 13.9 Å². The number of ether oxygens (including phenoxy) is 2. The molecule has 174 valence electrons. The molecule has 0 N–H and O–H groups in total. The van der Waals surface area contributed by atoms with Crippen LogP contribution in [0.5, 0.6) is 11.5 Å². The molecule has 0 aromatic heterocycles. The topological polar surface area (TPSA) is 67.8 Å². The number of hydrogen-bond donors (Lipinski definition) is 0. The van der Waals surface area contributed by atoms with Crippen LogP contribution < -0.4 is 76.3 Å². The van der Waals surface area contributed by atoms with Gasteiger partial charge in [0.1, 0.15) is 6.10 Å². The number of carbonyl (C=O) groups excluding carboxylic acids is 1. The molecule has 34 heavy (non-hydrogen) atoms. The third-order valence-electron chi connectivity index (χ3n) is 5.68. The molecule has 1 unspecified atom stereocenters. The standard InChI is InChI=1S/C27H32O5Si.K/c1-20(32-25-18-21(26(28)29)16-17-24(25)30-5)19-31-33(27(2,3)4,22-12-8-6-9-13-22)23-14-10-7-11-15-23;/h6-18,20H,19H2,1-5H3,(H,28,29);/q;+1/p-1. The van der Waals surface area contributed by atoms with E-state index in [0.29, 0.717) is 18.1 Å². The molecule has 0 aliphatic carbocycles. The van der Waals surface area contributed by atoms with Crippen LogP contribution in [0.4, 0.5) is 0 Å². The van der Waals surface area contributed by atoms with Gasteiger partial charge in [0, 0.05) is 5.56 Å². The minimum atomic E-state index is -2.70. The maximum atomic E-state index is 11.3. The summed E-state index contributed by atoms with van der Waals surface area (Å²) in [5, 5.41) is 13.5. The molecule has 0 radical (unpaired) electrons. The first-order valence-electron chi connectivity index (χ1n) is 11.0. The molecule has 0 spiro atoms. The number of methoxy groups -OCH3 is 1. The van der Waals surface area contributed by atoms with Crippen LogP contribution in [0.2, 0.25) is 5.04 Å². The maximum Gasteiger partial charge on any atom is 1.00 e. The molecule has 0 fully saturated rings. The van der Waals surface area contributed by atoms with Gasteiger partial charge in [-0.1, -0.05) is 81.4 Å². The molecule has 0 aliphatic rings. The monoisotopic (exact) mass is 502 g/mol. The van der Waals surface area contributed by atoms with Crippen molar-refractivity contribution in [1.29, 1.82) is 0 Å². The van der Waals surface area contributed by atoms with Gasteiger partial charge in [0.15, 0.2) is 11.5 Å². The van der Waals surface area contributed by atoms with E-state index in [1.54, 1.807) is 6.07 Å². The first kappa shape index (κ1) is 28.8. The van der Waals surface area contributed by atoms with Gasteiger partial charge in [0.05, 0.1) is 19.7 Å². The van der Waals surface area contributed by atoms with Gasteiger partial charge in [-0.3, -0.25) is 0 Å². The normalized spacial score (nSPS) is 12.4. The van der Waals surface area contributed by atoms with E-state index in [1.165, 1.54) is 29.6 Å². The summed E-state index contributed by atoms with van der Waals surface area (Å²) in [7, 11) is -1.18. The molecule has 3 aromatic rings. The van der Waals surface area contributed by atoms with Gasteiger partial charge in [0.25, 0.3) is 8.32 Å². The molecule has 3 aromatic carbocycles. The van der Waals surface area contributed by atoms with Crippen LogP contribution in [0.3, 0.4) is 0 Å². The van der Waals surface area contributed by atoms with Crippen molar-refractivity contribution in [3.05, 3.63) is 84.4 Å². The first-order chi connectivity index (χ1) is 15.7. The van der Waals surface area contributed by atoms with Gasteiger partial charge in [-0.25, -0.2) is 0 Å². The van der Waals surface area contributed by atoms with Crippen LogP contribution in [0, 0.1) is 0 Å². The van der Waals surface area contributed by atoms with E-state index >= 15 is 0 Å². The van der Waals surface area contributed by atoms with Crippen molar-refractivity contribution in [1.82, 2.24) is 0 Å². The zero-order chi connectivity index (χ0) is 24.1. The summed E-state index contributed by atoms with van der Waals surface area (Å²) in [6.45, 7) is 8.89. The summed E-state index contributed by atoms with van der Waals surface area (Å²) in [5.41, 5.74) is 0.0332. The minimum absolute atomic E-state index is 0. The largest absolute Gasteiger partial charge is 1.00 e. The van der Waals surface area contributed by atoms with E-state index in [1.807, 2.05) is 43.3 Å². The average molecular weight is 503 g/mol. The predicted octanol–water partition coefficient (Wildman–Crippen LogP) is 0.407. The Kier molecular flexibility index (Phi) is 10.6. The van der Waals surface area contributed by atoms with Gasteiger partial charge in [0.2, 0.25) is 0 Å². The van der Waals surface area contributed by atoms with Crippen molar-refractivity contribution in [3.63, 3.8) is 0 Å². The molecule has 1 atom stereocenters. The summed E-state index contributed by atoms with van der Waals surface area (Å²) in [6.07, 6.45) is -0.349. The number of hydrogen-bond acceptors (Lipinski definition) is 5. The molecule has 0 aliphatic heterocycles. The Morgan fingerprint density at radius 3 is 1.88 bits per heavy atom. The van der Waals surface area contributed by atoms with Crippen LogP contribution in [0.1, 0.15) is 38.1 Å². The van der Waals surface area contributed by atoms with Crippen molar-refractivity contribution in [2.24, 2.45) is 0 Å². The Morgan fingerprint density at radius 2 is 1.44 bits per heavy atom. The smallest absolute Gasteiger partial charge is 0.545 e. The van der Waals surface area contributed by atoms with Gasteiger partial charge in [-0.05, 0) is 40.5 Å². The molecular formula is C27H31KO5Si. The summed E-state index contributed by atoms with van der Waals surface area (Å²) < 4.78 is 18.3. The minimum Gasteiger partial charge on any atom is -0.545 e. The van der Waals surface area contributed by atoms with Gasteiger partial charge in [-0.15, -0.1) is 0 Å². The first-order valence-corrected chi connectivity index (χ1v) is 12.9. The van der Waals surface area contributed by atoms with Gasteiger partial charge < -0.3 is 23.8 Å². The second-order valence-electron chi connectivity index (χ2n) is 9.06. The second-order valence-corrected chi connectivity index (χ2v) is 13.4. The Hall–Kier alpha value is -1.46. The summed E-state index contributed by atoms with van der Waals surface area (Å²) in [5.74, 6) is -0.464. The number of benzene rings is 3. The van der Waals surface area contributed by atoms with Crippen molar-refractivity contribution >= 4 is 24.7 Å².